The minimum Gasteiger partial charge on any atom is -0.475 e. The van der Waals surface area contributed by atoms with Crippen LogP contribution in [0.1, 0.15) is 10.6 Å². The second-order valence-electron chi connectivity index (χ2n) is 4.47. The van der Waals surface area contributed by atoms with E-state index in [0.717, 1.165) is 3.57 Å². The van der Waals surface area contributed by atoms with E-state index in [1.54, 1.807) is 6.07 Å². The highest BCUT2D eigenvalue weighted by Gasteiger charge is 2.22. The Labute approximate surface area is 139 Å². The summed E-state index contributed by atoms with van der Waals surface area (Å²) in [6, 6.07) is 4.54. The monoisotopic (exact) mass is 408 g/mol. The zero-order chi connectivity index (χ0) is 15.9. The lowest BCUT2D eigenvalue weighted by molar-refractivity contribution is 0.0666. The van der Waals surface area contributed by atoms with Crippen LogP contribution in [-0.2, 0) is 0 Å². The molecule has 5 nitrogen and oxygen atoms in total. The Balaban J connectivity index is 2.18. The van der Waals surface area contributed by atoms with Crippen LogP contribution in [0.2, 0.25) is 0 Å². The number of rotatable bonds is 3. The molecule has 22 heavy (non-hydrogen) atoms. The van der Waals surface area contributed by atoms with Crippen LogP contribution in [0, 0.1) is 9.39 Å². The minimum absolute atomic E-state index is 0.113. The minimum atomic E-state index is -1.29. The van der Waals surface area contributed by atoms with Crippen molar-refractivity contribution < 1.29 is 18.7 Å². The van der Waals surface area contributed by atoms with Gasteiger partial charge in [-0.15, -0.1) is 0 Å². The van der Waals surface area contributed by atoms with Crippen LogP contribution in [0.3, 0.4) is 0 Å². The molecule has 108 valence electrons. The summed E-state index contributed by atoms with van der Waals surface area (Å²) in [5.74, 6) is -2.15. The van der Waals surface area contributed by atoms with E-state index < -0.39 is 11.8 Å². The SMILES string of the molecule is [B]c1cncc2c(Nc3ccc(I)cc3F)c(C(=O)O)oc12. The van der Waals surface area contributed by atoms with E-state index in [1.165, 1.54) is 24.5 Å². The first-order valence-corrected chi connectivity index (χ1v) is 7.16. The third kappa shape index (κ3) is 2.54. The van der Waals surface area contributed by atoms with Gasteiger partial charge in [0.05, 0.1) is 11.1 Å². The number of nitrogens with zero attached hydrogens (tertiary/aromatic N) is 1. The lowest BCUT2D eigenvalue weighted by atomic mass is 9.97. The molecule has 2 radical (unpaired) electrons. The highest BCUT2D eigenvalue weighted by atomic mass is 127. The van der Waals surface area contributed by atoms with Gasteiger partial charge in [-0.3, -0.25) is 4.98 Å². The number of carbonyl (C=O) groups is 1. The Kier molecular flexibility index (Phi) is 3.77. The normalized spacial score (nSPS) is 10.8. The number of hydrogen-bond acceptors (Lipinski definition) is 4. The quantitative estimate of drug-likeness (QED) is 0.515. The summed E-state index contributed by atoms with van der Waals surface area (Å²) in [7, 11) is 5.73. The van der Waals surface area contributed by atoms with Crippen LogP contribution < -0.4 is 10.8 Å². The highest BCUT2D eigenvalue weighted by Crippen LogP contribution is 2.33. The molecular weight excluding hydrogens is 401 g/mol. The molecule has 2 N–H and O–H groups in total. The summed E-state index contributed by atoms with van der Waals surface area (Å²) in [6.07, 6.45) is 2.77. The van der Waals surface area contributed by atoms with Gasteiger partial charge in [0.15, 0.2) is 0 Å². The topological polar surface area (TPSA) is 75.4 Å². The first-order valence-electron chi connectivity index (χ1n) is 6.08. The Morgan fingerprint density at radius 1 is 1.41 bits per heavy atom. The molecule has 3 rings (SSSR count). The van der Waals surface area contributed by atoms with Crippen LogP contribution in [0.5, 0.6) is 0 Å². The predicted octanol–water partition coefficient (Wildman–Crippen LogP) is 2.81. The summed E-state index contributed by atoms with van der Waals surface area (Å²) in [5, 5.41) is 12.4. The number of carboxylic acid groups (broad SMARTS) is 1. The van der Waals surface area contributed by atoms with E-state index >= 15 is 0 Å². The van der Waals surface area contributed by atoms with E-state index in [9.17, 15) is 14.3 Å². The number of halogens is 2. The Morgan fingerprint density at radius 3 is 2.86 bits per heavy atom. The maximum absolute atomic E-state index is 14.0. The summed E-state index contributed by atoms with van der Waals surface area (Å²) < 4.78 is 20.0. The van der Waals surface area contributed by atoms with Crippen LogP contribution in [0.25, 0.3) is 11.0 Å². The second-order valence-corrected chi connectivity index (χ2v) is 5.71. The molecule has 0 atom stereocenters. The van der Waals surface area contributed by atoms with Gasteiger partial charge in [0.1, 0.15) is 24.9 Å². The number of carboxylic acids is 1. The number of aromatic nitrogens is 1. The number of benzene rings is 1. The molecule has 8 heteroatoms. The fraction of sp³-hybridized carbons (Fsp3) is 0. The van der Waals surface area contributed by atoms with Gasteiger partial charge in [-0.2, -0.15) is 0 Å². The molecule has 0 amide bonds. The zero-order valence-electron chi connectivity index (χ0n) is 10.9. The number of furan rings is 1. The smallest absolute Gasteiger partial charge is 0.374 e. The predicted molar refractivity (Wildman–Crippen MR) is 88.8 cm³/mol. The molecule has 1 aromatic carbocycles. The standard InChI is InChI=1S/C14H7BFIN2O3/c15-8-5-18-4-7-11(13(14(20)21)22-12(7)8)19-10-2-1-6(17)3-9(10)16/h1-5,19H,(H,20,21). The number of fused-ring (bicyclic) bond motifs is 1. The summed E-state index contributed by atoms with van der Waals surface area (Å²) in [4.78, 5) is 15.3. The average Bonchev–Trinajstić information content (AvgIpc) is 2.82. The van der Waals surface area contributed by atoms with Crippen LogP contribution in [0.4, 0.5) is 15.8 Å². The summed E-state index contributed by atoms with van der Waals surface area (Å²) >= 11 is 1.98. The Morgan fingerprint density at radius 2 is 2.18 bits per heavy atom. The van der Waals surface area contributed by atoms with Gasteiger partial charge in [0.25, 0.3) is 0 Å². The lowest BCUT2D eigenvalue weighted by Gasteiger charge is -2.07. The lowest BCUT2D eigenvalue weighted by Crippen LogP contribution is -2.03. The molecule has 0 saturated carbocycles. The third-order valence-corrected chi connectivity index (χ3v) is 3.68. The highest BCUT2D eigenvalue weighted by molar-refractivity contribution is 14.1. The fourth-order valence-electron chi connectivity index (χ4n) is 2.03. The average molecular weight is 408 g/mol. The molecule has 3 aromatic rings. The number of hydrogen-bond donors (Lipinski definition) is 2. The van der Waals surface area contributed by atoms with Gasteiger partial charge >= 0.3 is 5.97 Å². The molecule has 0 aliphatic carbocycles. The maximum atomic E-state index is 14.0. The van der Waals surface area contributed by atoms with Crippen LogP contribution in [-0.4, -0.2) is 23.9 Å². The van der Waals surface area contributed by atoms with E-state index in [0.29, 0.717) is 5.39 Å². The third-order valence-electron chi connectivity index (χ3n) is 3.01. The van der Waals surface area contributed by atoms with Gasteiger partial charge in [-0.1, -0.05) is 0 Å². The first kappa shape index (κ1) is 14.8. The number of anilines is 2. The molecule has 0 bridgehead atoms. The first-order chi connectivity index (χ1) is 10.5. The number of nitrogens with one attached hydrogen (secondary N) is 1. The van der Waals surface area contributed by atoms with Crippen molar-refractivity contribution in [3.63, 3.8) is 0 Å². The Bertz CT molecular complexity index is 897. The zero-order valence-corrected chi connectivity index (χ0v) is 13.1. The summed E-state index contributed by atoms with van der Waals surface area (Å²) in [5.41, 5.74) is 0.646. The van der Waals surface area contributed by atoms with Crippen molar-refractivity contribution in [2.24, 2.45) is 0 Å². The van der Waals surface area contributed by atoms with Gasteiger partial charge < -0.3 is 14.8 Å². The van der Waals surface area contributed by atoms with E-state index in [4.69, 9.17) is 12.3 Å². The van der Waals surface area contributed by atoms with Crippen LogP contribution >= 0.6 is 22.6 Å². The summed E-state index contributed by atoms with van der Waals surface area (Å²) in [6.45, 7) is 0. The molecule has 2 heterocycles. The van der Waals surface area contributed by atoms with Gasteiger partial charge in [0.2, 0.25) is 5.76 Å². The van der Waals surface area contributed by atoms with Crippen molar-refractivity contribution in [1.82, 2.24) is 4.98 Å². The van der Waals surface area contributed by atoms with E-state index in [2.05, 4.69) is 10.3 Å². The number of aromatic carboxylic acids is 1. The van der Waals surface area contributed by atoms with E-state index in [-0.39, 0.29) is 28.2 Å². The van der Waals surface area contributed by atoms with Crippen LogP contribution in [0.15, 0.2) is 35.0 Å². The van der Waals surface area contributed by atoms with Crippen molar-refractivity contribution in [1.29, 1.82) is 0 Å². The molecule has 0 saturated heterocycles. The van der Waals surface area contributed by atoms with Gasteiger partial charge in [-0.25, -0.2) is 9.18 Å². The second kappa shape index (κ2) is 5.60. The molecule has 0 spiro atoms. The van der Waals surface area contributed by atoms with Crippen molar-refractivity contribution >= 4 is 64.2 Å². The van der Waals surface area contributed by atoms with Crippen molar-refractivity contribution in [2.75, 3.05) is 5.32 Å². The maximum Gasteiger partial charge on any atom is 0.374 e. The molecule has 2 aromatic heterocycles. The van der Waals surface area contributed by atoms with E-state index in [1.807, 2.05) is 22.6 Å². The van der Waals surface area contributed by atoms with Gasteiger partial charge in [-0.05, 0) is 46.3 Å². The molecule has 0 fully saturated rings. The molecule has 0 unspecified atom stereocenters. The fourth-order valence-corrected chi connectivity index (χ4v) is 2.49. The Hall–Kier alpha value is -2.10. The van der Waals surface area contributed by atoms with Crippen molar-refractivity contribution in [3.05, 3.63) is 45.7 Å². The molecule has 0 aliphatic rings. The number of pyridine rings is 1. The molecular formula is C14H7BFIN2O3. The largest absolute Gasteiger partial charge is 0.475 e. The van der Waals surface area contributed by atoms with Crippen molar-refractivity contribution in [2.45, 2.75) is 0 Å². The van der Waals surface area contributed by atoms with Gasteiger partial charge in [0, 0.05) is 16.0 Å². The van der Waals surface area contributed by atoms with Crippen molar-refractivity contribution in [3.8, 4) is 0 Å². The molecule has 0 aliphatic heterocycles.